The van der Waals surface area contributed by atoms with E-state index in [1.54, 1.807) is 30.3 Å². The summed E-state index contributed by atoms with van der Waals surface area (Å²) in [6.45, 7) is 0.687. The van der Waals surface area contributed by atoms with Gasteiger partial charge in [-0.1, -0.05) is 18.2 Å². The third-order valence-electron chi connectivity index (χ3n) is 5.39. The van der Waals surface area contributed by atoms with Crippen molar-refractivity contribution < 1.29 is 32.3 Å². The van der Waals surface area contributed by atoms with Crippen molar-refractivity contribution >= 4 is 39.1 Å². The largest absolute Gasteiger partial charge is 0.453 e. The molecule has 1 saturated heterocycles. The molecule has 0 spiro atoms. The van der Waals surface area contributed by atoms with Crippen LogP contribution in [0.5, 0.6) is 0 Å². The van der Waals surface area contributed by atoms with Gasteiger partial charge in [0.05, 0.1) is 23.8 Å². The summed E-state index contributed by atoms with van der Waals surface area (Å²) in [6.07, 6.45) is 0.207. The van der Waals surface area contributed by atoms with Crippen molar-refractivity contribution in [1.29, 1.82) is 0 Å². The molecule has 2 aliphatic rings. The van der Waals surface area contributed by atoms with E-state index in [1.165, 1.54) is 28.6 Å². The Labute approximate surface area is 196 Å². The van der Waals surface area contributed by atoms with Gasteiger partial charge in [0, 0.05) is 31.5 Å². The second-order valence-electron chi connectivity index (χ2n) is 7.63. The number of esters is 1. The second-order valence-corrected chi connectivity index (χ2v) is 9.57. The minimum absolute atomic E-state index is 0.0446. The molecule has 2 aliphatic heterocycles. The molecule has 0 aliphatic carbocycles. The number of hydrogen-bond acceptors (Lipinski definition) is 8. The number of para-hydroxylation sites is 1. The molecule has 1 amide bonds. The van der Waals surface area contributed by atoms with Crippen LogP contribution in [0.15, 0.2) is 64.6 Å². The molecule has 0 radical (unpaired) electrons. The minimum Gasteiger partial charge on any atom is -0.453 e. The first-order chi connectivity index (χ1) is 16.4. The number of hydrogen-bond donors (Lipinski definition) is 0. The number of carbonyl (C=O) groups excluding carboxylic acids is 3. The summed E-state index contributed by atoms with van der Waals surface area (Å²) in [6, 6.07) is 14.2. The maximum absolute atomic E-state index is 12.7. The van der Waals surface area contributed by atoms with Crippen LogP contribution in [0.4, 0.5) is 5.69 Å². The molecule has 0 saturated carbocycles. The number of amides is 1. The van der Waals surface area contributed by atoms with Crippen LogP contribution < -0.4 is 5.01 Å². The first-order valence-electron chi connectivity index (χ1n) is 10.7. The molecule has 34 heavy (non-hydrogen) atoms. The van der Waals surface area contributed by atoms with Crippen molar-refractivity contribution in [2.75, 3.05) is 37.9 Å². The van der Waals surface area contributed by atoms with E-state index in [2.05, 4.69) is 5.10 Å². The minimum atomic E-state index is -3.67. The van der Waals surface area contributed by atoms with Crippen LogP contribution in [0, 0.1) is 0 Å². The summed E-state index contributed by atoms with van der Waals surface area (Å²) in [7, 11) is -3.67. The SMILES string of the molecule is O=C(OCC(=O)c1ccc(S(=O)(=O)N2CCOCC2)cc1)C1=NN(c2ccccc2)C(=O)CC1. The van der Waals surface area contributed by atoms with E-state index in [-0.39, 0.29) is 48.0 Å². The van der Waals surface area contributed by atoms with Crippen molar-refractivity contribution in [3.05, 3.63) is 60.2 Å². The number of morpholine rings is 1. The van der Waals surface area contributed by atoms with Crippen LogP contribution in [-0.4, -0.2) is 69.0 Å². The van der Waals surface area contributed by atoms with Crippen molar-refractivity contribution in [3.8, 4) is 0 Å². The summed E-state index contributed by atoms with van der Waals surface area (Å²) in [4.78, 5) is 37.2. The van der Waals surface area contributed by atoms with Gasteiger partial charge in [-0.25, -0.2) is 18.2 Å². The lowest BCUT2D eigenvalue weighted by Crippen LogP contribution is -2.40. The quantitative estimate of drug-likeness (QED) is 0.431. The number of Topliss-reactive ketones (excluding diaryl/α,β-unsaturated/α-hetero) is 1. The Morgan fingerprint density at radius 2 is 1.65 bits per heavy atom. The number of anilines is 1. The average molecular weight is 486 g/mol. The van der Waals surface area contributed by atoms with Gasteiger partial charge in [0.1, 0.15) is 5.71 Å². The lowest BCUT2D eigenvalue weighted by Gasteiger charge is -2.26. The van der Waals surface area contributed by atoms with Crippen LogP contribution >= 0.6 is 0 Å². The Hall–Kier alpha value is -3.41. The number of ether oxygens (including phenoxy) is 2. The van der Waals surface area contributed by atoms with Gasteiger partial charge in [0.25, 0.3) is 0 Å². The van der Waals surface area contributed by atoms with Crippen molar-refractivity contribution in [2.45, 2.75) is 17.7 Å². The van der Waals surface area contributed by atoms with Gasteiger partial charge in [-0.2, -0.15) is 9.41 Å². The van der Waals surface area contributed by atoms with Crippen LogP contribution in [0.3, 0.4) is 0 Å². The molecule has 11 heteroatoms. The highest BCUT2D eigenvalue weighted by Gasteiger charge is 2.28. The monoisotopic (exact) mass is 485 g/mol. The Morgan fingerprint density at radius 3 is 2.32 bits per heavy atom. The van der Waals surface area contributed by atoms with E-state index >= 15 is 0 Å². The maximum atomic E-state index is 12.7. The van der Waals surface area contributed by atoms with Crippen LogP contribution in [0.2, 0.25) is 0 Å². The van der Waals surface area contributed by atoms with E-state index in [9.17, 15) is 22.8 Å². The van der Waals surface area contributed by atoms with Crippen LogP contribution in [-0.2, 0) is 29.1 Å². The number of rotatable bonds is 7. The van der Waals surface area contributed by atoms with E-state index < -0.39 is 28.4 Å². The fourth-order valence-corrected chi connectivity index (χ4v) is 4.93. The lowest BCUT2D eigenvalue weighted by atomic mass is 10.1. The highest BCUT2D eigenvalue weighted by Crippen LogP contribution is 2.21. The molecule has 0 bridgehead atoms. The molecule has 0 N–H and O–H groups in total. The number of ketones is 1. The van der Waals surface area contributed by atoms with Gasteiger partial charge in [0.2, 0.25) is 15.9 Å². The Balaban J connectivity index is 1.38. The smallest absolute Gasteiger partial charge is 0.354 e. The van der Waals surface area contributed by atoms with Crippen LogP contribution in [0.25, 0.3) is 0 Å². The molecule has 0 unspecified atom stereocenters. The maximum Gasteiger partial charge on any atom is 0.354 e. The van der Waals surface area contributed by atoms with Crippen molar-refractivity contribution in [1.82, 2.24) is 4.31 Å². The number of benzene rings is 2. The predicted octanol–water partition coefficient (Wildman–Crippen LogP) is 1.62. The molecular formula is C23H23N3O7S. The zero-order valence-corrected chi connectivity index (χ0v) is 19.1. The molecule has 2 aromatic carbocycles. The second kappa shape index (κ2) is 10.2. The zero-order valence-electron chi connectivity index (χ0n) is 18.3. The Bertz CT molecular complexity index is 1200. The summed E-state index contributed by atoms with van der Waals surface area (Å²) in [5.74, 6) is -1.52. The highest BCUT2D eigenvalue weighted by atomic mass is 32.2. The number of hydrazone groups is 1. The molecule has 2 aromatic rings. The van der Waals surface area contributed by atoms with Gasteiger partial charge in [-0.3, -0.25) is 9.59 Å². The Morgan fingerprint density at radius 1 is 0.971 bits per heavy atom. The summed E-state index contributed by atoms with van der Waals surface area (Å²) in [5.41, 5.74) is 0.782. The number of carbonyl (C=O) groups is 3. The average Bonchev–Trinajstić information content (AvgIpc) is 2.88. The van der Waals surface area contributed by atoms with E-state index in [0.29, 0.717) is 18.9 Å². The van der Waals surface area contributed by atoms with Crippen molar-refractivity contribution in [2.24, 2.45) is 5.10 Å². The standard InChI is InChI=1S/C23H23N3O7S/c27-21(17-6-8-19(9-7-17)34(30,31)25-12-14-32-15-13-25)16-33-23(29)20-10-11-22(28)26(24-20)18-4-2-1-3-5-18/h1-9H,10-16H2. The van der Waals surface area contributed by atoms with Gasteiger partial charge in [-0.05, 0) is 36.4 Å². The molecule has 4 rings (SSSR count). The molecule has 2 heterocycles. The fourth-order valence-electron chi connectivity index (χ4n) is 3.52. The third-order valence-corrected chi connectivity index (χ3v) is 7.30. The molecule has 1 fully saturated rings. The number of nitrogens with zero attached hydrogens (tertiary/aromatic N) is 3. The molecular weight excluding hydrogens is 462 g/mol. The zero-order chi connectivity index (χ0) is 24.1. The van der Waals surface area contributed by atoms with E-state index in [1.807, 2.05) is 0 Å². The van der Waals surface area contributed by atoms with Gasteiger partial charge in [-0.15, -0.1) is 0 Å². The van der Waals surface area contributed by atoms with E-state index in [4.69, 9.17) is 9.47 Å². The Kier molecular flexibility index (Phi) is 7.15. The first kappa shape index (κ1) is 23.7. The molecule has 10 nitrogen and oxygen atoms in total. The lowest BCUT2D eigenvalue weighted by molar-refractivity contribution is -0.134. The van der Waals surface area contributed by atoms with Crippen LogP contribution in [0.1, 0.15) is 23.2 Å². The molecule has 178 valence electrons. The third kappa shape index (κ3) is 5.22. The van der Waals surface area contributed by atoms with Crippen molar-refractivity contribution in [3.63, 3.8) is 0 Å². The first-order valence-corrected chi connectivity index (χ1v) is 12.1. The molecule has 0 aromatic heterocycles. The molecule has 0 atom stereocenters. The van der Waals surface area contributed by atoms with Gasteiger partial charge in [0.15, 0.2) is 12.4 Å². The topological polar surface area (TPSA) is 123 Å². The van der Waals surface area contributed by atoms with Gasteiger partial charge >= 0.3 is 5.97 Å². The summed E-state index contributed by atoms with van der Waals surface area (Å²) < 4.78 is 37.0. The number of sulfonamides is 1. The highest BCUT2D eigenvalue weighted by molar-refractivity contribution is 7.89. The summed E-state index contributed by atoms with van der Waals surface area (Å²) >= 11 is 0. The summed E-state index contributed by atoms with van der Waals surface area (Å²) in [5, 5.41) is 5.25. The van der Waals surface area contributed by atoms with Gasteiger partial charge < -0.3 is 9.47 Å². The predicted molar refractivity (Wildman–Crippen MR) is 122 cm³/mol. The van der Waals surface area contributed by atoms with E-state index in [0.717, 1.165) is 5.01 Å². The fraction of sp³-hybridized carbons (Fsp3) is 0.304. The normalized spacial score (nSPS) is 17.2.